The van der Waals surface area contributed by atoms with Crippen LogP contribution in [0, 0.1) is 11.7 Å². The number of hydrogen-bond acceptors (Lipinski definition) is 4. The summed E-state index contributed by atoms with van der Waals surface area (Å²) in [6.07, 6.45) is 3.37. The van der Waals surface area contributed by atoms with Crippen LogP contribution in [-0.2, 0) is 4.79 Å². The molecule has 1 aliphatic rings. The molecule has 0 aromatic heterocycles. The van der Waals surface area contributed by atoms with E-state index in [4.69, 9.17) is 5.73 Å². The van der Waals surface area contributed by atoms with E-state index in [1.807, 2.05) is 30.3 Å². The van der Waals surface area contributed by atoms with E-state index in [-0.39, 0.29) is 17.6 Å². The smallest absolute Gasteiger partial charge is 0.239 e. The minimum atomic E-state index is -0.667. The monoisotopic (exact) mass is 310 g/mol. The number of hydrazone groups is 1. The molecule has 3 rings (SSSR count). The highest BCUT2D eigenvalue weighted by atomic mass is 19.1. The Morgan fingerprint density at radius 2 is 1.83 bits per heavy atom. The number of nitrogens with zero attached hydrogens (tertiary/aromatic N) is 2. The number of amides is 1. The standard InChI is InChI=1S/C17H15FN4O/c18-12-6-8-13(9-7-12)20-17(23)15-10-11-22(21-16(15)19)14-4-2-1-3-5-14/h1-11,15H,(H2,19,21)(H,20,23). The average Bonchev–Trinajstić information content (AvgIpc) is 2.57. The number of benzene rings is 2. The molecule has 2 aromatic carbocycles. The molecule has 5 nitrogen and oxygen atoms in total. The van der Waals surface area contributed by atoms with E-state index in [1.54, 1.807) is 17.3 Å². The molecule has 0 fully saturated rings. The summed E-state index contributed by atoms with van der Waals surface area (Å²) >= 11 is 0. The quantitative estimate of drug-likeness (QED) is 0.915. The Morgan fingerprint density at radius 1 is 1.13 bits per heavy atom. The van der Waals surface area contributed by atoms with Crippen molar-refractivity contribution in [3.63, 3.8) is 0 Å². The normalized spacial score (nSPS) is 16.8. The molecule has 0 radical (unpaired) electrons. The highest BCUT2D eigenvalue weighted by Crippen LogP contribution is 2.20. The highest BCUT2D eigenvalue weighted by molar-refractivity contribution is 6.10. The van der Waals surface area contributed by atoms with Gasteiger partial charge in [-0.15, -0.1) is 0 Å². The summed E-state index contributed by atoms with van der Waals surface area (Å²) in [5, 5.41) is 8.53. The van der Waals surface area contributed by atoms with Gasteiger partial charge in [0.15, 0.2) is 0 Å². The number of nitrogens with two attached hydrogens (primary N) is 1. The fraction of sp³-hybridized carbons (Fsp3) is 0.0588. The second-order valence-electron chi connectivity index (χ2n) is 5.02. The van der Waals surface area contributed by atoms with Crippen LogP contribution in [0.1, 0.15) is 0 Å². The summed E-state index contributed by atoms with van der Waals surface area (Å²) in [6, 6.07) is 15.0. The molecule has 3 N–H and O–H groups in total. The summed E-state index contributed by atoms with van der Waals surface area (Å²) < 4.78 is 12.9. The van der Waals surface area contributed by atoms with Gasteiger partial charge in [-0.3, -0.25) is 4.79 Å². The first kappa shape index (κ1) is 14.8. The number of carbonyl (C=O) groups is 1. The first-order chi connectivity index (χ1) is 11.1. The number of nitrogens with one attached hydrogen (secondary N) is 1. The summed E-state index contributed by atoms with van der Waals surface area (Å²) in [6.45, 7) is 0. The van der Waals surface area contributed by atoms with Crippen LogP contribution in [0.2, 0.25) is 0 Å². The summed E-state index contributed by atoms with van der Waals surface area (Å²) in [7, 11) is 0. The zero-order chi connectivity index (χ0) is 16.2. The lowest BCUT2D eigenvalue weighted by Crippen LogP contribution is -2.37. The number of rotatable bonds is 3. The Balaban J connectivity index is 1.71. The predicted octanol–water partition coefficient (Wildman–Crippen LogP) is 2.69. The minimum absolute atomic E-state index is 0.191. The van der Waals surface area contributed by atoms with Crippen LogP contribution in [0.3, 0.4) is 0 Å². The number of anilines is 2. The van der Waals surface area contributed by atoms with E-state index in [1.165, 1.54) is 24.3 Å². The van der Waals surface area contributed by atoms with Crippen molar-refractivity contribution in [2.75, 3.05) is 10.3 Å². The SMILES string of the molecule is NC1=NN(c2ccccc2)C=CC1C(=O)Nc1ccc(F)cc1. The maximum Gasteiger partial charge on any atom is 0.239 e. The zero-order valence-corrected chi connectivity index (χ0v) is 12.2. The van der Waals surface area contributed by atoms with Crippen molar-refractivity contribution in [3.05, 3.63) is 72.7 Å². The van der Waals surface area contributed by atoms with E-state index in [0.717, 1.165) is 5.69 Å². The van der Waals surface area contributed by atoms with Crippen LogP contribution >= 0.6 is 0 Å². The second-order valence-corrected chi connectivity index (χ2v) is 5.02. The third-order valence-electron chi connectivity index (χ3n) is 3.38. The fourth-order valence-electron chi connectivity index (χ4n) is 2.19. The third-order valence-corrected chi connectivity index (χ3v) is 3.38. The molecule has 0 bridgehead atoms. The molecule has 0 spiro atoms. The van der Waals surface area contributed by atoms with Crippen LogP contribution < -0.4 is 16.1 Å². The Labute approximate surface area is 132 Å². The van der Waals surface area contributed by atoms with Crippen LogP contribution in [0.25, 0.3) is 0 Å². The molecule has 23 heavy (non-hydrogen) atoms. The van der Waals surface area contributed by atoms with Gasteiger partial charge in [0, 0.05) is 11.9 Å². The van der Waals surface area contributed by atoms with E-state index < -0.39 is 5.92 Å². The minimum Gasteiger partial charge on any atom is -0.385 e. The van der Waals surface area contributed by atoms with Crippen LogP contribution in [0.15, 0.2) is 72.0 Å². The average molecular weight is 310 g/mol. The van der Waals surface area contributed by atoms with Gasteiger partial charge in [0.25, 0.3) is 0 Å². The summed E-state index contributed by atoms with van der Waals surface area (Å²) in [5.74, 6) is -1.15. The van der Waals surface area contributed by atoms with Gasteiger partial charge in [-0.25, -0.2) is 9.40 Å². The van der Waals surface area contributed by atoms with E-state index >= 15 is 0 Å². The first-order valence-corrected chi connectivity index (χ1v) is 7.06. The lowest BCUT2D eigenvalue weighted by Gasteiger charge is -2.23. The molecule has 2 aromatic rings. The van der Waals surface area contributed by atoms with E-state index in [0.29, 0.717) is 5.69 Å². The van der Waals surface area contributed by atoms with Crippen molar-refractivity contribution in [1.29, 1.82) is 0 Å². The highest BCUT2D eigenvalue weighted by Gasteiger charge is 2.24. The van der Waals surface area contributed by atoms with Gasteiger partial charge in [-0.05, 0) is 42.5 Å². The van der Waals surface area contributed by atoms with Crippen molar-refractivity contribution < 1.29 is 9.18 Å². The van der Waals surface area contributed by atoms with Crippen LogP contribution in [0.5, 0.6) is 0 Å². The number of hydrogen-bond donors (Lipinski definition) is 2. The molecular weight excluding hydrogens is 295 g/mol. The Hall–Kier alpha value is -3.15. The lowest BCUT2D eigenvalue weighted by atomic mass is 10.1. The van der Waals surface area contributed by atoms with Gasteiger partial charge >= 0.3 is 0 Å². The van der Waals surface area contributed by atoms with Crippen molar-refractivity contribution in [2.45, 2.75) is 0 Å². The summed E-state index contributed by atoms with van der Waals surface area (Å²) in [4.78, 5) is 12.3. The molecule has 0 aliphatic carbocycles. The molecule has 6 heteroatoms. The lowest BCUT2D eigenvalue weighted by molar-refractivity contribution is -0.117. The molecular formula is C17H15FN4O. The maximum atomic E-state index is 12.9. The molecule has 1 atom stereocenters. The number of carbonyl (C=O) groups excluding carboxylic acids is 1. The van der Waals surface area contributed by atoms with Crippen molar-refractivity contribution in [2.24, 2.45) is 16.8 Å². The molecule has 1 heterocycles. The maximum absolute atomic E-state index is 12.9. The molecule has 1 aliphatic heterocycles. The van der Waals surface area contributed by atoms with Gasteiger partial charge in [-0.1, -0.05) is 18.2 Å². The number of amidine groups is 1. The van der Waals surface area contributed by atoms with Gasteiger partial charge in [0.05, 0.1) is 5.69 Å². The van der Waals surface area contributed by atoms with Gasteiger partial charge in [-0.2, -0.15) is 5.10 Å². The first-order valence-electron chi connectivity index (χ1n) is 7.06. The Kier molecular flexibility index (Phi) is 4.05. The van der Waals surface area contributed by atoms with Crippen molar-refractivity contribution in [3.8, 4) is 0 Å². The van der Waals surface area contributed by atoms with Gasteiger partial charge < -0.3 is 11.1 Å². The third kappa shape index (κ3) is 3.37. The fourth-order valence-corrected chi connectivity index (χ4v) is 2.19. The largest absolute Gasteiger partial charge is 0.385 e. The van der Waals surface area contributed by atoms with Crippen molar-refractivity contribution in [1.82, 2.24) is 0 Å². The predicted molar refractivity (Wildman–Crippen MR) is 88.2 cm³/mol. The van der Waals surface area contributed by atoms with E-state index in [2.05, 4.69) is 10.4 Å². The molecule has 0 saturated carbocycles. The summed E-state index contributed by atoms with van der Waals surface area (Å²) in [5.41, 5.74) is 7.28. The topological polar surface area (TPSA) is 70.7 Å². The number of halogens is 1. The van der Waals surface area contributed by atoms with E-state index in [9.17, 15) is 9.18 Å². The Bertz CT molecular complexity index is 756. The Morgan fingerprint density at radius 3 is 2.48 bits per heavy atom. The molecule has 1 amide bonds. The van der Waals surface area contributed by atoms with Gasteiger partial charge in [0.2, 0.25) is 5.91 Å². The molecule has 0 saturated heterocycles. The molecule has 116 valence electrons. The zero-order valence-electron chi connectivity index (χ0n) is 12.2. The molecule has 1 unspecified atom stereocenters. The second kappa shape index (κ2) is 6.31. The van der Waals surface area contributed by atoms with Crippen molar-refractivity contribution >= 4 is 23.1 Å². The number of para-hydroxylation sites is 1. The van der Waals surface area contributed by atoms with Gasteiger partial charge in [0.1, 0.15) is 17.6 Å². The van der Waals surface area contributed by atoms with Crippen LogP contribution in [0.4, 0.5) is 15.8 Å². The van der Waals surface area contributed by atoms with Crippen LogP contribution in [-0.4, -0.2) is 11.7 Å².